The van der Waals surface area contributed by atoms with Gasteiger partial charge < -0.3 is 15.1 Å². The summed E-state index contributed by atoms with van der Waals surface area (Å²) in [5, 5.41) is 0.886. The van der Waals surface area contributed by atoms with Gasteiger partial charge in [-0.2, -0.15) is 0 Å². The van der Waals surface area contributed by atoms with E-state index in [0.717, 1.165) is 36.7 Å². The maximum Gasteiger partial charge on any atom is 0.257 e. The van der Waals surface area contributed by atoms with Crippen molar-refractivity contribution in [2.24, 2.45) is 5.73 Å². The second kappa shape index (κ2) is 5.29. The number of carbonyl (C=O) groups excluding carboxylic acids is 1. The molecule has 2 aromatic rings. The number of hydrogen-bond donors (Lipinski definition) is 1. The highest BCUT2D eigenvalue weighted by Gasteiger charge is 2.27. The number of nitrogens with zero attached hydrogens (tertiary/aromatic N) is 1. The molecule has 106 valence electrons. The molecule has 1 saturated carbocycles. The van der Waals surface area contributed by atoms with E-state index in [0.29, 0.717) is 11.6 Å². The van der Waals surface area contributed by atoms with Crippen LogP contribution in [-0.2, 0) is 0 Å². The van der Waals surface area contributed by atoms with E-state index in [9.17, 15) is 4.79 Å². The SMILES string of the molecule is CN(C(=O)c1coc2ccccc12)C1CCC(N)CC1. The standard InChI is InChI=1S/C16H20N2O2/c1-18(12-8-6-11(17)7-9-12)16(19)14-10-20-15-5-3-2-4-13(14)15/h2-5,10-12H,6-9,17H2,1H3. The average Bonchev–Trinajstić information content (AvgIpc) is 2.90. The lowest BCUT2D eigenvalue weighted by Crippen LogP contribution is -2.41. The number of rotatable bonds is 2. The van der Waals surface area contributed by atoms with Crippen molar-refractivity contribution in [2.45, 2.75) is 37.8 Å². The third-order valence-corrected chi connectivity index (χ3v) is 4.32. The van der Waals surface area contributed by atoms with E-state index in [2.05, 4.69) is 0 Å². The van der Waals surface area contributed by atoms with Gasteiger partial charge in [0, 0.05) is 24.5 Å². The lowest BCUT2D eigenvalue weighted by molar-refractivity contribution is 0.0691. The molecular formula is C16H20N2O2. The number of amides is 1. The van der Waals surface area contributed by atoms with Crippen molar-refractivity contribution >= 4 is 16.9 Å². The minimum Gasteiger partial charge on any atom is -0.463 e. The fraction of sp³-hybridized carbons (Fsp3) is 0.438. The molecular weight excluding hydrogens is 252 g/mol. The topological polar surface area (TPSA) is 59.5 Å². The Kier molecular flexibility index (Phi) is 3.49. The van der Waals surface area contributed by atoms with Gasteiger partial charge in [0.05, 0.1) is 5.56 Å². The molecule has 2 N–H and O–H groups in total. The Hall–Kier alpha value is -1.81. The smallest absolute Gasteiger partial charge is 0.257 e. The molecule has 0 saturated heterocycles. The molecule has 0 atom stereocenters. The lowest BCUT2D eigenvalue weighted by atomic mass is 9.90. The van der Waals surface area contributed by atoms with Crippen LogP contribution in [0, 0.1) is 0 Å². The van der Waals surface area contributed by atoms with E-state index < -0.39 is 0 Å². The Bertz CT molecular complexity index is 612. The summed E-state index contributed by atoms with van der Waals surface area (Å²) in [5.74, 6) is 0.0374. The molecule has 3 rings (SSSR count). The van der Waals surface area contributed by atoms with Crippen molar-refractivity contribution in [3.05, 3.63) is 36.1 Å². The fourth-order valence-corrected chi connectivity index (χ4v) is 2.99. The average molecular weight is 272 g/mol. The molecule has 0 unspecified atom stereocenters. The maximum absolute atomic E-state index is 12.6. The molecule has 1 aromatic heterocycles. The van der Waals surface area contributed by atoms with Crippen LogP contribution in [0.4, 0.5) is 0 Å². The molecule has 1 aliphatic carbocycles. The van der Waals surface area contributed by atoms with Gasteiger partial charge in [-0.1, -0.05) is 18.2 Å². The highest BCUT2D eigenvalue weighted by Crippen LogP contribution is 2.26. The van der Waals surface area contributed by atoms with Crippen molar-refractivity contribution in [3.8, 4) is 0 Å². The highest BCUT2D eigenvalue weighted by atomic mass is 16.3. The third kappa shape index (κ3) is 2.31. The van der Waals surface area contributed by atoms with Crippen LogP contribution in [0.15, 0.2) is 34.9 Å². The second-order valence-electron chi connectivity index (χ2n) is 5.63. The predicted octanol–water partition coefficient (Wildman–Crippen LogP) is 2.77. The number of benzene rings is 1. The summed E-state index contributed by atoms with van der Waals surface area (Å²) in [6, 6.07) is 8.23. The molecule has 1 amide bonds. The zero-order chi connectivity index (χ0) is 14.1. The highest BCUT2D eigenvalue weighted by molar-refractivity contribution is 6.05. The summed E-state index contributed by atoms with van der Waals surface area (Å²) in [5.41, 5.74) is 7.33. The molecule has 0 radical (unpaired) electrons. The minimum atomic E-state index is 0.0374. The largest absolute Gasteiger partial charge is 0.463 e. The van der Waals surface area contributed by atoms with Crippen LogP contribution < -0.4 is 5.73 Å². The Labute approximate surface area is 118 Å². The molecule has 1 fully saturated rings. The van der Waals surface area contributed by atoms with Gasteiger partial charge in [0.2, 0.25) is 0 Å². The van der Waals surface area contributed by atoms with Crippen LogP contribution >= 0.6 is 0 Å². The van der Waals surface area contributed by atoms with Gasteiger partial charge in [0.1, 0.15) is 11.8 Å². The van der Waals surface area contributed by atoms with Crippen LogP contribution in [0.1, 0.15) is 36.0 Å². The molecule has 1 aromatic carbocycles. The summed E-state index contributed by atoms with van der Waals surface area (Å²) >= 11 is 0. The van der Waals surface area contributed by atoms with Gasteiger partial charge >= 0.3 is 0 Å². The first-order chi connectivity index (χ1) is 9.66. The quantitative estimate of drug-likeness (QED) is 0.914. The van der Waals surface area contributed by atoms with Gasteiger partial charge in [0.25, 0.3) is 5.91 Å². The van der Waals surface area contributed by atoms with E-state index in [4.69, 9.17) is 10.2 Å². The molecule has 0 spiro atoms. The van der Waals surface area contributed by atoms with E-state index in [1.54, 1.807) is 6.26 Å². The Balaban J connectivity index is 1.81. The molecule has 20 heavy (non-hydrogen) atoms. The molecule has 4 nitrogen and oxygen atoms in total. The molecule has 0 bridgehead atoms. The second-order valence-corrected chi connectivity index (χ2v) is 5.63. The number of para-hydroxylation sites is 1. The van der Waals surface area contributed by atoms with Gasteiger partial charge in [-0.25, -0.2) is 0 Å². The first kappa shape index (κ1) is 13.2. The van der Waals surface area contributed by atoms with Gasteiger partial charge in [-0.05, 0) is 31.7 Å². The zero-order valence-corrected chi connectivity index (χ0v) is 11.7. The van der Waals surface area contributed by atoms with E-state index in [-0.39, 0.29) is 11.9 Å². The van der Waals surface area contributed by atoms with Crippen LogP contribution in [0.25, 0.3) is 11.0 Å². The minimum absolute atomic E-state index is 0.0374. The van der Waals surface area contributed by atoms with Crippen molar-refractivity contribution in [3.63, 3.8) is 0 Å². The number of furan rings is 1. The number of fused-ring (bicyclic) bond motifs is 1. The molecule has 4 heteroatoms. The van der Waals surface area contributed by atoms with Crippen LogP contribution in [0.2, 0.25) is 0 Å². The third-order valence-electron chi connectivity index (χ3n) is 4.32. The van der Waals surface area contributed by atoms with Gasteiger partial charge in [-0.15, -0.1) is 0 Å². The monoisotopic (exact) mass is 272 g/mol. The summed E-state index contributed by atoms with van der Waals surface area (Å²) < 4.78 is 5.46. The van der Waals surface area contributed by atoms with E-state index >= 15 is 0 Å². The molecule has 1 heterocycles. The van der Waals surface area contributed by atoms with Crippen molar-refractivity contribution in [1.82, 2.24) is 4.90 Å². The number of nitrogens with two attached hydrogens (primary N) is 1. The fourth-order valence-electron chi connectivity index (χ4n) is 2.99. The van der Waals surface area contributed by atoms with Crippen LogP contribution in [0.3, 0.4) is 0 Å². The van der Waals surface area contributed by atoms with E-state index in [1.165, 1.54) is 0 Å². The Morgan fingerprint density at radius 1 is 1.25 bits per heavy atom. The lowest BCUT2D eigenvalue weighted by Gasteiger charge is -2.33. The Morgan fingerprint density at radius 2 is 1.95 bits per heavy atom. The first-order valence-electron chi connectivity index (χ1n) is 7.16. The molecule has 1 aliphatic rings. The summed E-state index contributed by atoms with van der Waals surface area (Å²) in [6.45, 7) is 0. The van der Waals surface area contributed by atoms with Crippen molar-refractivity contribution in [2.75, 3.05) is 7.05 Å². The number of hydrogen-bond acceptors (Lipinski definition) is 3. The normalized spacial score (nSPS) is 22.9. The predicted molar refractivity (Wildman–Crippen MR) is 78.5 cm³/mol. The van der Waals surface area contributed by atoms with Crippen LogP contribution in [-0.4, -0.2) is 29.9 Å². The van der Waals surface area contributed by atoms with Crippen LogP contribution in [0.5, 0.6) is 0 Å². The molecule has 0 aliphatic heterocycles. The first-order valence-corrected chi connectivity index (χ1v) is 7.16. The number of carbonyl (C=O) groups is 1. The Morgan fingerprint density at radius 3 is 2.70 bits per heavy atom. The van der Waals surface area contributed by atoms with Crippen molar-refractivity contribution < 1.29 is 9.21 Å². The summed E-state index contributed by atoms with van der Waals surface area (Å²) in [6.07, 6.45) is 5.53. The van der Waals surface area contributed by atoms with Crippen molar-refractivity contribution in [1.29, 1.82) is 0 Å². The maximum atomic E-state index is 12.6. The summed E-state index contributed by atoms with van der Waals surface area (Å²) in [7, 11) is 1.88. The van der Waals surface area contributed by atoms with Gasteiger partial charge in [-0.3, -0.25) is 4.79 Å². The van der Waals surface area contributed by atoms with Gasteiger partial charge in [0.15, 0.2) is 0 Å². The van der Waals surface area contributed by atoms with E-state index in [1.807, 2.05) is 36.2 Å². The zero-order valence-electron chi connectivity index (χ0n) is 11.7. The summed E-state index contributed by atoms with van der Waals surface area (Å²) in [4.78, 5) is 14.5.